The van der Waals surface area contributed by atoms with Crippen LogP contribution in [0.4, 0.5) is 0 Å². The van der Waals surface area contributed by atoms with E-state index in [1.165, 1.54) is 0 Å². The van der Waals surface area contributed by atoms with E-state index in [0.717, 1.165) is 64.6 Å². The fraction of sp³-hybridized carbons (Fsp3) is 1.00. The Morgan fingerprint density at radius 1 is 0.833 bits per heavy atom. The maximum Gasteiger partial charge on any atom is 0.209 e. The molecule has 0 aromatic carbocycles. The molecule has 0 aliphatic heterocycles. The van der Waals surface area contributed by atoms with Gasteiger partial charge in [0.05, 0.1) is 5.75 Å². The molecule has 6 heteroatoms. The molecule has 146 valence electrons. The van der Waals surface area contributed by atoms with E-state index in [1.54, 1.807) is 0 Å². The summed E-state index contributed by atoms with van der Waals surface area (Å²) in [6.07, 6.45) is 8.08. The largest absolute Gasteiger partial charge is 0.396 e. The summed E-state index contributed by atoms with van der Waals surface area (Å²) >= 11 is 0. The van der Waals surface area contributed by atoms with Crippen LogP contribution < -0.4 is 5.14 Å². The molecule has 0 aromatic rings. The highest BCUT2D eigenvalue weighted by Crippen LogP contribution is 2.28. The van der Waals surface area contributed by atoms with Crippen LogP contribution in [0.25, 0.3) is 0 Å². The first-order valence-electron chi connectivity index (χ1n) is 9.17. The van der Waals surface area contributed by atoms with Crippen LogP contribution in [0.15, 0.2) is 0 Å². The highest BCUT2D eigenvalue weighted by atomic mass is 32.2. The van der Waals surface area contributed by atoms with E-state index in [-0.39, 0.29) is 17.8 Å². The second-order valence-electron chi connectivity index (χ2n) is 8.49. The third-order valence-electron chi connectivity index (χ3n) is 4.39. The Balaban J connectivity index is 3.58. The first-order valence-corrected chi connectivity index (χ1v) is 10.9. The lowest BCUT2D eigenvalue weighted by molar-refractivity contribution is 0.120. The summed E-state index contributed by atoms with van der Waals surface area (Å²) in [6, 6.07) is 0. The average Bonchev–Trinajstić information content (AvgIpc) is 2.40. The predicted octanol–water partition coefficient (Wildman–Crippen LogP) is 3.46. The summed E-state index contributed by atoms with van der Waals surface area (Å²) in [5.74, 6) is 0.0346. The maximum atomic E-state index is 11.2. The number of nitrogens with two attached hydrogens (primary N) is 1. The van der Waals surface area contributed by atoms with Gasteiger partial charge in [-0.1, -0.05) is 40.5 Å². The van der Waals surface area contributed by atoms with Gasteiger partial charge in [0.2, 0.25) is 10.0 Å². The molecule has 0 aromatic heterocycles. The molecule has 3 N–H and O–H groups in total. The third-order valence-corrected chi connectivity index (χ3v) is 5.57. The van der Waals surface area contributed by atoms with Gasteiger partial charge in [0.1, 0.15) is 0 Å². The zero-order chi connectivity index (χ0) is 18.7. The lowest BCUT2D eigenvalue weighted by Gasteiger charge is -2.24. The van der Waals surface area contributed by atoms with Gasteiger partial charge in [0.25, 0.3) is 0 Å². The number of hydrogen-bond acceptors (Lipinski definition) is 4. The number of primary sulfonamides is 1. The van der Waals surface area contributed by atoms with E-state index in [1.807, 2.05) is 13.8 Å². The molecule has 0 heterocycles. The van der Waals surface area contributed by atoms with Crippen LogP contribution in [0, 0.1) is 10.8 Å². The number of hydrogen-bond donors (Lipinski definition) is 2. The zero-order valence-corrected chi connectivity index (χ0v) is 17.0. The van der Waals surface area contributed by atoms with Crippen molar-refractivity contribution in [3.05, 3.63) is 0 Å². The Labute approximate surface area is 149 Å². The van der Waals surface area contributed by atoms with Crippen molar-refractivity contribution in [3.63, 3.8) is 0 Å². The van der Waals surface area contributed by atoms with Gasteiger partial charge >= 0.3 is 0 Å². The Kier molecular flexibility index (Phi) is 11.4. The molecule has 0 rings (SSSR count). The summed E-state index contributed by atoms with van der Waals surface area (Å²) in [7, 11) is -3.40. The molecule has 5 nitrogen and oxygen atoms in total. The molecular weight excluding hydrogens is 326 g/mol. The standard InChI is InChI=1S/C18H39NO4S/c1-17(2,12-9-13-20)10-5-7-14-23-15-8-6-11-18(3,4)16-24(19,21)22/h20H,5-16H2,1-4H3,(H2,19,21,22). The number of aliphatic hydroxyl groups is 1. The van der Waals surface area contributed by atoms with Gasteiger partial charge in [-0.3, -0.25) is 0 Å². The van der Waals surface area contributed by atoms with Crippen molar-refractivity contribution in [2.24, 2.45) is 16.0 Å². The lowest BCUT2D eigenvalue weighted by Crippen LogP contribution is -2.29. The second kappa shape index (κ2) is 11.4. The second-order valence-corrected chi connectivity index (χ2v) is 10.1. The number of sulfonamides is 1. The highest BCUT2D eigenvalue weighted by molar-refractivity contribution is 7.89. The molecular formula is C18H39NO4S. The van der Waals surface area contributed by atoms with Crippen LogP contribution in [-0.4, -0.2) is 39.1 Å². The van der Waals surface area contributed by atoms with Crippen LogP contribution in [0.3, 0.4) is 0 Å². The van der Waals surface area contributed by atoms with Gasteiger partial charge < -0.3 is 9.84 Å². The van der Waals surface area contributed by atoms with E-state index < -0.39 is 10.0 Å². The van der Waals surface area contributed by atoms with Crippen LogP contribution in [-0.2, 0) is 14.8 Å². The monoisotopic (exact) mass is 365 g/mol. The van der Waals surface area contributed by atoms with Crippen molar-refractivity contribution in [2.45, 2.75) is 79.1 Å². The molecule has 0 amide bonds. The van der Waals surface area contributed by atoms with Gasteiger partial charge in [-0.25, -0.2) is 13.6 Å². The van der Waals surface area contributed by atoms with E-state index in [2.05, 4.69) is 13.8 Å². The molecule has 24 heavy (non-hydrogen) atoms. The third kappa shape index (κ3) is 15.4. The van der Waals surface area contributed by atoms with E-state index in [0.29, 0.717) is 5.41 Å². The Hall–Kier alpha value is -0.170. The smallest absolute Gasteiger partial charge is 0.209 e. The molecule has 0 radical (unpaired) electrons. The Morgan fingerprint density at radius 2 is 1.29 bits per heavy atom. The summed E-state index contributed by atoms with van der Waals surface area (Å²) in [4.78, 5) is 0. The van der Waals surface area contributed by atoms with Crippen molar-refractivity contribution in [3.8, 4) is 0 Å². The SMILES string of the molecule is CC(C)(CCCO)CCCCOCCCCC(C)(C)CS(N)(=O)=O. The lowest BCUT2D eigenvalue weighted by atomic mass is 9.83. The topological polar surface area (TPSA) is 89.6 Å². The number of rotatable bonds is 15. The first kappa shape index (κ1) is 23.8. The van der Waals surface area contributed by atoms with Gasteiger partial charge in [-0.2, -0.15) is 0 Å². The predicted molar refractivity (Wildman–Crippen MR) is 100 cm³/mol. The molecule has 0 saturated carbocycles. The normalized spacial score (nSPS) is 13.4. The summed E-state index contributed by atoms with van der Waals surface area (Å²) in [5, 5.41) is 14.0. The minimum absolute atomic E-state index is 0.0346. The van der Waals surface area contributed by atoms with Gasteiger partial charge in [0.15, 0.2) is 0 Å². The number of unbranched alkanes of at least 4 members (excludes halogenated alkanes) is 2. The van der Waals surface area contributed by atoms with Crippen LogP contribution >= 0.6 is 0 Å². The summed E-state index contributed by atoms with van der Waals surface area (Å²) in [5.41, 5.74) is 0.0331. The minimum atomic E-state index is -3.40. The van der Waals surface area contributed by atoms with Crippen LogP contribution in [0.1, 0.15) is 79.1 Å². The van der Waals surface area contributed by atoms with Crippen molar-refractivity contribution in [1.29, 1.82) is 0 Å². The molecule has 0 aliphatic carbocycles. The molecule has 0 aliphatic rings. The molecule has 0 bridgehead atoms. The molecule has 0 spiro atoms. The van der Waals surface area contributed by atoms with Gasteiger partial charge in [-0.15, -0.1) is 0 Å². The van der Waals surface area contributed by atoms with Crippen LogP contribution in [0.5, 0.6) is 0 Å². The average molecular weight is 366 g/mol. The fourth-order valence-electron chi connectivity index (χ4n) is 3.02. The molecule has 0 unspecified atom stereocenters. The van der Waals surface area contributed by atoms with E-state index >= 15 is 0 Å². The van der Waals surface area contributed by atoms with Gasteiger partial charge in [0, 0.05) is 19.8 Å². The molecule has 0 fully saturated rings. The molecule has 0 saturated heterocycles. The Bertz CT molecular complexity index is 419. The minimum Gasteiger partial charge on any atom is -0.396 e. The summed E-state index contributed by atoms with van der Waals surface area (Å²) < 4.78 is 28.0. The van der Waals surface area contributed by atoms with E-state index in [9.17, 15) is 8.42 Å². The molecule has 0 atom stereocenters. The van der Waals surface area contributed by atoms with E-state index in [4.69, 9.17) is 15.0 Å². The summed E-state index contributed by atoms with van der Waals surface area (Å²) in [6.45, 7) is 10.2. The van der Waals surface area contributed by atoms with Crippen molar-refractivity contribution in [1.82, 2.24) is 0 Å². The quantitative estimate of drug-likeness (QED) is 0.435. The number of ether oxygens (including phenoxy) is 1. The Morgan fingerprint density at radius 3 is 1.75 bits per heavy atom. The van der Waals surface area contributed by atoms with Crippen molar-refractivity contribution >= 4 is 10.0 Å². The van der Waals surface area contributed by atoms with Crippen molar-refractivity contribution < 1.29 is 18.3 Å². The maximum absolute atomic E-state index is 11.2. The number of aliphatic hydroxyl groups excluding tert-OH is 1. The highest BCUT2D eigenvalue weighted by Gasteiger charge is 2.23. The first-order chi connectivity index (χ1) is 11.0. The zero-order valence-electron chi connectivity index (χ0n) is 16.1. The van der Waals surface area contributed by atoms with Gasteiger partial charge in [-0.05, 0) is 49.4 Å². The van der Waals surface area contributed by atoms with Crippen LogP contribution in [0.2, 0.25) is 0 Å². The van der Waals surface area contributed by atoms with Crippen molar-refractivity contribution in [2.75, 3.05) is 25.6 Å². The fourth-order valence-corrected chi connectivity index (χ4v) is 4.25.